The normalized spacial score (nSPS) is 20.6. The number of ether oxygens (including phenoxy) is 2. The zero-order chi connectivity index (χ0) is 24.4. The fourth-order valence-corrected chi connectivity index (χ4v) is 6.35. The van der Waals surface area contributed by atoms with Crippen LogP contribution in [0.1, 0.15) is 37.8 Å². The van der Waals surface area contributed by atoms with Crippen LogP contribution in [0.25, 0.3) is 11.1 Å². The summed E-state index contributed by atoms with van der Waals surface area (Å²) < 4.78 is 10.9. The van der Waals surface area contributed by atoms with E-state index in [2.05, 4.69) is 62.4 Å². The molecule has 0 saturated carbocycles. The van der Waals surface area contributed by atoms with E-state index in [-0.39, 0.29) is 23.7 Å². The van der Waals surface area contributed by atoms with Crippen molar-refractivity contribution in [3.63, 3.8) is 0 Å². The molecular formula is C29H36N2O4. The molecule has 2 heterocycles. The van der Waals surface area contributed by atoms with Gasteiger partial charge in [0.2, 0.25) is 11.8 Å². The van der Waals surface area contributed by atoms with Gasteiger partial charge in [-0.05, 0) is 35.1 Å². The SMILES string of the molecule is CC(CC1(CC(C)C(=O)N2CCOCC2)c2ccccc2-c2ccccc21)C(=O)N1CCOCC1. The molecule has 2 unspecified atom stereocenters. The summed E-state index contributed by atoms with van der Waals surface area (Å²) in [5.41, 5.74) is 4.53. The van der Waals surface area contributed by atoms with Gasteiger partial charge in [-0.15, -0.1) is 0 Å². The fourth-order valence-electron chi connectivity index (χ4n) is 6.35. The molecule has 2 amide bonds. The molecule has 2 aliphatic heterocycles. The Kier molecular flexibility index (Phi) is 6.94. The predicted octanol–water partition coefficient (Wildman–Crippen LogP) is 3.72. The number of morpholine rings is 2. The van der Waals surface area contributed by atoms with E-state index in [0.29, 0.717) is 65.4 Å². The number of carbonyl (C=O) groups is 2. The molecule has 2 atom stereocenters. The highest BCUT2D eigenvalue weighted by Crippen LogP contribution is 2.55. The Labute approximate surface area is 208 Å². The van der Waals surface area contributed by atoms with E-state index in [1.807, 2.05) is 9.80 Å². The van der Waals surface area contributed by atoms with Crippen LogP contribution in [0.4, 0.5) is 0 Å². The molecule has 2 fully saturated rings. The second-order valence-electron chi connectivity index (χ2n) is 10.3. The minimum Gasteiger partial charge on any atom is -0.378 e. The molecule has 1 aliphatic carbocycles. The third-order valence-corrected chi connectivity index (χ3v) is 7.97. The lowest BCUT2D eigenvalue weighted by Gasteiger charge is -2.39. The third kappa shape index (κ3) is 4.50. The van der Waals surface area contributed by atoms with Crippen molar-refractivity contribution in [1.29, 1.82) is 0 Å². The molecular weight excluding hydrogens is 440 g/mol. The highest BCUT2D eigenvalue weighted by molar-refractivity contribution is 5.84. The van der Waals surface area contributed by atoms with E-state index in [1.54, 1.807) is 0 Å². The van der Waals surface area contributed by atoms with E-state index in [0.717, 1.165) is 0 Å². The first kappa shape index (κ1) is 24.0. The van der Waals surface area contributed by atoms with Gasteiger partial charge in [0.15, 0.2) is 0 Å². The van der Waals surface area contributed by atoms with Crippen molar-refractivity contribution >= 4 is 11.8 Å². The zero-order valence-corrected chi connectivity index (χ0v) is 20.9. The molecule has 2 saturated heterocycles. The van der Waals surface area contributed by atoms with Crippen LogP contribution < -0.4 is 0 Å². The Bertz CT molecular complexity index is 986. The second kappa shape index (κ2) is 10.1. The number of fused-ring (bicyclic) bond motifs is 3. The van der Waals surface area contributed by atoms with Crippen molar-refractivity contribution in [2.75, 3.05) is 52.6 Å². The maximum absolute atomic E-state index is 13.5. The van der Waals surface area contributed by atoms with Crippen LogP contribution in [0.5, 0.6) is 0 Å². The summed E-state index contributed by atoms with van der Waals surface area (Å²) in [6.07, 6.45) is 1.36. The van der Waals surface area contributed by atoms with Gasteiger partial charge >= 0.3 is 0 Å². The van der Waals surface area contributed by atoms with Crippen molar-refractivity contribution in [1.82, 2.24) is 9.80 Å². The first-order valence-electron chi connectivity index (χ1n) is 12.9. The van der Waals surface area contributed by atoms with Crippen molar-refractivity contribution in [3.05, 3.63) is 59.7 Å². The highest BCUT2D eigenvalue weighted by Gasteiger charge is 2.47. The maximum atomic E-state index is 13.5. The van der Waals surface area contributed by atoms with Crippen LogP contribution >= 0.6 is 0 Å². The number of hydrogen-bond donors (Lipinski definition) is 0. The summed E-state index contributed by atoms with van der Waals surface area (Å²) in [7, 11) is 0. The number of carbonyl (C=O) groups excluding carboxylic acids is 2. The first-order valence-corrected chi connectivity index (χ1v) is 12.9. The molecule has 0 bridgehead atoms. The Morgan fingerprint density at radius 1 is 0.714 bits per heavy atom. The fraction of sp³-hybridized carbons (Fsp3) is 0.517. The van der Waals surface area contributed by atoms with E-state index in [4.69, 9.17) is 9.47 Å². The van der Waals surface area contributed by atoms with Crippen LogP contribution in [0, 0.1) is 11.8 Å². The van der Waals surface area contributed by atoms with E-state index < -0.39 is 5.41 Å². The summed E-state index contributed by atoms with van der Waals surface area (Å²) in [4.78, 5) is 30.9. The lowest BCUT2D eigenvalue weighted by atomic mass is 9.67. The lowest BCUT2D eigenvalue weighted by Crippen LogP contribution is -2.46. The number of benzene rings is 2. The van der Waals surface area contributed by atoms with Crippen molar-refractivity contribution < 1.29 is 19.1 Å². The van der Waals surface area contributed by atoms with Gasteiger partial charge in [0.1, 0.15) is 0 Å². The summed E-state index contributed by atoms with van der Waals surface area (Å²) in [6, 6.07) is 17.1. The summed E-state index contributed by atoms with van der Waals surface area (Å²) in [6.45, 7) is 9.09. The number of rotatable bonds is 6. The molecule has 35 heavy (non-hydrogen) atoms. The number of hydrogen-bond acceptors (Lipinski definition) is 4. The van der Waals surface area contributed by atoms with Gasteiger partial charge in [-0.1, -0.05) is 62.4 Å². The highest BCUT2D eigenvalue weighted by atomic mass is 16.5. The monoisotopic (exact) mass is 476 g/mol. The topological polar surface area (TPSA) is 59.1 Å². The van der Waals surface area contributed by atoms with Gasteiger partial charge in [-0.3, -0.25) is 9.59 Å². The summed E-state index contributed by atoms with van der Waals surface area (Å²) in [5.74, 6) is 0.0272. The van der Waals surface area contributed by atoms with Crippen molar-refractivity contribution in [3.8, 4) is 11.1 Å². The maximum Gasteiger partial charge on any atom is 0.225 e. The van der Waals surface area contributed by atoms with Crippen molar-refractivity contribution in [2.45, 2.75) is 32.1 Å². The minimum absolute atomic E-state index is 0.169. The molecule has 0 spiro atoms. The van der Waals surface area contributed by atoms with Gasteiger partial charge < -0.3 is 19.3 Å². The smallest absolute Gasteiger partial charge is 0.225 e. The Hall–Kier alpha value is -2.70. The van der Waals surface area contributed by atoms with Crippen LogP contribution in [0.3, 0.4) is 0 Å². The molecule has 0 N–H and O–H groups in total. The van der Waals surface area contributed by atoms with Gasteiger partial charge in [-0.2, -0.15) is 0 Å². The second-order valence-corrected chi connectivity index (χ2v) is 10.3. The van der Waals surface area contributed by atoms with Crippen LogP contribution in [-0.2, 0) is 24.5 Å². The quantitative estimate of drug-likeness (QED) is 0.638. The standard InChI is InChI=1S/C29H36N2O4/c1-21(27(32)30-11-15-34-16-12-30)19-29(20-22(2)28(33)31-13-17-35-18-14-31)25-9-5-3-7-23(25)24-8-4-6-10-26(24)29/h3-10,21-22H,11-20H2,1-2H3. The van der Waals surface area contributed by atoms with Crippen molar-refractivity contribution in [2.24, 2.45) is 11.8 Å². The summed E-state index contributed by atoms with van der Waals surface area (Å²) in [5, 5.41) is 0. The van der Waals surface area contributed by atoms with Gasteiger partial charge in [-0.25, -0.2) is 0 Å². The first-order chi connectivity index (χ1) is 17.0. The van der Waals surface area contributed by atoms with E-state index >= 15 is 0 Å². The van der Waals surface area contributed by atoms with Gasteiger partial charge in [0, 0.05) is 43.4 Å². The van der Waals surface area contributed by atoms with E-state index in [1.165, 1.54) is 22.3 Å². The molecule has 2 aromatic carbocycles. The third-order valence-electron chi connectivity index (χ3n) is 7.97. The molecule has 0 radical (unpaired) electrons. The molecule has 5 rings (SSSR count). The zero-order valence-electron chi connectivity index (χ0n) is 20.9. The summed E-state index contributed by atoms with van der Waals surface area (Å²) >= 11 is 0. The largest absolute Gasteiger partial charge is 0.378 e. The molecule has 0 aromatic heterocycles. The Morgan fingerprint density at radius 3 is 1.49 bits per heavy atom. The Balaban J connectivity index is 1.51. The minimum atomic E-state index is -0.393. The van der Waals surface area contributed by atoms with Gasteiger partial charge in [0.25, 0.3) is 0 Å². The Morgan fingerprint density at radius 2 is 1.09 bits per heavy atom. The molecule has 3 aliphatic rings. The number of nitrogens with zero attached hydrogens (tertiary/aromatic N) is 2. The molecule has 186 valence electrons. The van der Waals surface area contributed by atoms with Crippen LogP contribution in [0.15, 0.2) is 48.5 Å². The van der Waals surface area contributed by atoms with Crippen LogP contribution in [0.2, 0.25) is 0 Å². The van der Waals surface area contributed by atoms with Crippen LogP contribution in [-0.4, -0.2) is 74.2 Å². The molecule has 6 heteroatoms. The van der Waals surface area contributed by atoms with Gasteiger partial charge in [0.05, 0.1) is 26.4 Å². The molecule has 2 aromatic rings. The predicted molar refractivity (Wildman–Crippen MR) is 135 cm³/mol. The lowest BCUT2D eigenvalue weighted by molar-refractivity contribution is -0.140. The average molecular weight is 477 g/mol. The molecule has 6 nitrogen and oxygen atoms in total. The average Bonchev–Trinajstić information content (AvgIpc) is 3.18. The van der Waals surface area contributed by atoms with E-state index in [9.17, 15) is 9.59 Å². The number of amides is 2.